The fourth-order valence-electron chi connectivity index (χ4n) is 2.35. The molecule has 2 unspecified atom stereocenters. The number of nitrogens with one attached hydrogen (secondary N) is 1. The van der Waals surface area contributed by atoms with Gasteiger partial charge >= 0.3 is 0 Å². The van der Waals surface area contributed by atoms with Crippen molar-refractivity contribution < 1.29 is 4.74 Å². The molecule has 0 saturated heterocycles. The van der Waals surface area contributed by atoms with Crippen LogP contribution in [0.2, 0.25) is 0 Å². The zero-order valence-electron chi connectivity index (χ0n) is 11.5. The van der Waals surface area contributed by atoms with Crippen molar-refractivity contribution in [1.82, 2.24) is 5.32 Å². The summed E-state index contributed by atoms with van der Waals surface area (Å²) < 4.78 is 5.73. The first-order valence-corrected chi connectivity index (χ1v) is 7.47. The SMILES string of the molecule is CNC(c1ccsc1)c1ccc2c(c1)N=C(N)C(C)O2. The van der Waals surface area contributed by atoms with E-state index in [-0.39, 0.29) is 12.1 Å². The van der Waals surface area contributed by atoms with Crippen LogP contribution in [0.5, 0.6) is 5.75 Å². The number of thiophene rings is 1. The van der Waals surface area contributed by atoms with Crippen LogP contribution >= 0.6 is 11.3 Å². The molecule has 1 aliphatic rings. The van der Waals surface area contributed by atoms with Gasteiger partial charge in [0.25, 0.3) is 0 Å². The molecule has 3 rings (SSSR count). The van der Waals surface area contributed by atoms with Crippen molar-refractivity contribution in [1.29, 1.82) is 0 Å². The number of rotatable bonds is 3. The maximum atomic E-state index is 5.86. The van der Waals surface area contributed by atoms with Gasteiger partial charge < -0.3 is 15.8 Å². The normalized spacial score (nSPS) is 18.9. The highest BCUT2D eigenvalue weighted by Crippen LogP contribution is 2.35. The summed E-state index contributed by atoms with van der Waals surface area (Å²) in [5.41, 5.74) is 9.06. The molecule has 0 radical (unpaired) electrons. The lowest BCUT2D eigenvalue weighted by Crippen LogP contribution is -2.33. The number of amidine groups is 1. The quantitative estimate of drug-likeness (QED) is 0.912. The molecule has 0 fully saturated rings. The fourth-order valence-corrected chi connectivity index (χ4v) is 3.03. The predicted octanol–water partition coefficient (Wildman–Crippen LogP) is 2.83. The Morgan fingerprint density at radius 3 is 2.90 bits per heavy atom. The fraction of sp³-hybridized carbons (Fsp3) is 0.267. The van der Waals surface area contributed by atoms with Gasteiger partial charge in [-0.05, 0) is 54.1 Å². The average molecular weight is 287 g/mol. The molecular formula is C15H17N3OS. The monoisotopic (exact) mass is 287 g/mol. The minimum absolute atomic E-state index is 0.155. The molecule has 5 heteroatoms. The van der Waals surface area contributed by atoms with Crippen molar-refractivity contribution in [2.75, 3.05) is 7.05 Å². The Hall–Kier alpha value is -1.85. The van der Waals surface area contributed by atoms with E-state index in [1.807, 2.05) is 26.1 Å². The molecule has 0 spiro atoms. The average Bonchev–Trinajstić information content (AvgIpc) is 2.95. The van der Waals surface area contributed by atoms with Gasteiger partial charge in [-0.1, -0.05) is 6.07 Å². The van der Waals surface area contributed by atoms with Crippen LogP contribution in [0.25, 0.3) is 0 Å². The first-order chi connectivity index (χ1) is 9.69. The lowest BCUT2D eigenvalue weighted by molar-refractivity contribution is 0.281. The van der Waals surface area contributed by atoms with Gasteiger partial charge in [0.15, 0.2) is 6.10 Å². The van der Waals surface area contributed by atoms with Gasteiger partial charge in [0, 0.05) is 0 Å². The molecule has 1 aliphatic heterocycles. The van der Waals surface area contributed by atoms with E-state index in [9.17, 15) is 0 Å². The number of fused-ring (bicyclic) bond motifs is 1. The van der Waals surface area contributed by atoms with E-state index in [0.717, 1.165) is 17.0 Å². The van der Waals surface area contributed by atoms with Crippen LogP contribution in [0.1, 0.15) is 24.1 Å². The van der Waals surface area contributed by atoms with E-state index < -0.39 is 0 Å². The van der Waals surface area contributed by atoms with E-state index in [1.165, 1.54) is 5.56 Å². The second kappa shape index (κ2) is 5.26. The number of aliphatic imine (C=N–C) groups is 1. The highest BCUT2D eigenvalue weighted by molar-refractivity contribution is 7.08. The molecule has 0 saturated carbocycles. The zero-order chi connectivity index (χ0) is 14.1. The first kappa shape index (κ1) is 13.1. The minimum atomic E-state index is -0.162. The summed E-state index contributed by atoms with van der Waals surface area (Å²) in [6.45, 7) is 1.90. The third-order valence-corrected chi connectivity index (χ3v) is 4.15. The Morgan fingerprint density at radius 1 is 1.35 bits per heavy atom. The molecule has 2 aromatic rings. The van der Waals surface area contributed by atoms with Crippen molar-refractivity contribution in [3.8, 4) is 5.75 Å². The molecule has 2 atom stereocenters. The summed E-state index contributed by atoms with van der Waals surface area (Å²) >= 11 is 1.70. The van der Waals surface area contributed by atoms with E-state index in [0.29, 0.717) is 5.84 Å². The van der Waals surface area contributed by atoms with E-state index >= 15 is 0 Å². The van der Waals surface area contributed by atoms with Gasteiger partial charge in [0.1, 0.15) is 17.3 Å². The Labute approximate surface area is 122 Å². The van der Waals surface area contributed by atoms with Crippen molar-refractivity contribution >= 4 is 22.9 Å². The number of benzene rings is 1. The topological polar surface area (TPSA) is 59.6 Å². The summed E-state index contributed by atoms with van der Waals surface area (Å²) in [5, 5.41) is 7.57. The Morgan fingerprint density at radius 2 is 2.20 bits per heavy atom. The zero-order valence-corrected chi connectivity index (χ0v) is 12.3. The predicted molar refractivity (Wildman–Crippen MR) is 83.0 cm³/mol. The van der Waals surface area contributed by atoms with Gasteiger partial charge in [0.2, 0.25) is 0 Å². The van der Waals surface area contributed by atoms with Crippen LogP contribution in [0.3, 0.4) is 0 Å². The molecule has 4 nitrogen and oxygen atoms in total. The molecule has 104 valence electrons. The number of hydrogen-bond donors (Lipinski definition) is 2. The summed E-state index contributed by atoms with van der Waals surface area (Å²) in [4.78, 5) is 4.43. The van der Waals surface area contributed by atoms with Gasteiger partial charge in [-0.15, -0.1) is 0 Å². The number of hydrogen-bond acceptors (Lipinski definition) is 5. The summed E-state index contributed by atoms with van der Waals surface area (Å²) in [6.07, 6.45) is -0.162. The van der Waals surface area contributed by atoms with Crippen LogP contribution in [0.15, 0.2) is 40.0 Å². The standard InChI is InChI=1S/C15H17N3OS/c1-9-15(16)18-12-7-10(3-4-13(12)19-9)14(17-2)11-5-6-20-8-11/h3-9,14,17H,1-2H3,(H2,16,18). The molecule has 3 N–H and O–H groups in total. The number of nitrogens with two attached hydrogens (primary N) is 1. The maximum absolute atomic E-state index is 5.86. The Bertz CT molecular complexity index is 637. The molecule has 1 aromatic carbocycles. The highest BCUT2D eigenvalue weighted by Gasteiger charge is 2.20. The lowest BCUT2D eigenvalue weighted by Gasteiger charge is -2.23. The second-order valence-corrected chi connectivity index (χ2v) is 5.58. The van der Waals surface area contributed by atoms with Crippen LogP contribution < -0.4 is 15.8 Å². The van der Waals surface area contributed by atoms with E-state index in [1.54, 1.807) is 11.3 Å². The van der Waals surface area contributed by atoms with Crippen LogP contribution in [0, 0.1) is 0 Å². The molecule has 0 bridgehead atoms. The van der Waals surface area contributed by atoms with Crippen LogP contribution in [0.4, 0.5) is 5.69 Å². The van der Waals surface area contributed by atoms with E-state index in [4.69, 9.17) is 10.5 Å². The largest absolute Gasteiger partial charge is 0.481 e. The number of ether oxygens (including phenoxy) is 1. The van der Waals surface area contributed by atoms with Crippen LogP contribution in [-0.2, 0) is 0 Å². The summed E-state index contributed by atoms with van der Waals surface area (Å²) in [6, 6.07) is 8.35. The molecule has 20 heavy (non-hydrogen) atoms. The van der Waals surface area contributed by atoms with E-state index in [2.05, 4.69) is 33.2 Å². The summed E-state index contributed by atoms with van der Waals surface area (Å²) in [5.74, 6) is 1.31. The number of nitrogens with zero attached hydrogens (tertiary/aromatic N) is 1. The Kier molecular flexibility index (Phi) is 3.46. The third kappa shape index (κ3) is 2.30. The molecule has 0 aliphatic carbocycles. The van der Waals surface area contributed by atoms with Crippen molar-refractivity contribution in [3.63, 3.8) is 0 Å². The molecule has 2 heterocycles. The highest BCUT2D eigenvalue weighted by atomic mass is 32.1. The lowest BCUT2D eigenvalue weighted by atomic mass is 10.0. The molecule has 1 aromatic heterocycles. The second-order valence-electron chi connectivity index (χ2n) is 4.80. The smallest absolute Gasteiger partial charge is 0.153 e. The van der Waals surface area contributed by atoms with Gasteiger partial charge in [-0.3, -0.25) is 0 Å². The molecule has 0 amide bonds. The van der Waals surface area contributed by atoms with Crippen molar-refractivity contribution in [2.24, 2.45) is 10.7 Å². The third-order valence-electron chi connectivity index (χ3n) is 3.45. The van der Waals surface area contributed by atoms with Crippen molar-refractivity contribution in [3.05, 3.63) is 46.2 Å². The maximum Gasteiger partial charge on any atom is 0.153 e. The minimum Gasteiger partial charge on any atom is -0.481 e. The van der Waals surface area contributed by atoms with Crippen molar-refractivity contribution in [2.45, 2.75) is 19.1 Å². The summed E-state index contributed by atoms with van der Waals surface area (Å²) in [7, 11) is 1.96. The van der Waals surface area contributed by atoms with Crippen LogP contribution in [-0.4, -0.2) is 19.0 Å². The van der Waals surface area contributed by atoms with Gasteiger partial charge in [-0.25, -0.2) is 4.99 Å². The molecular weight excluding hydrogens is 270 g/mol. The van der Waals surface area contributed by atoms with Gasteiger partial charge in [0.05, 0.1) is 6.04 Å². The Balaban J connectivity index is 1.99. The van der Waals surface area contributed by atoms with Gasteiger partial charge in [-0.2, -0.15) is 11.3 Å². The first-order valence-electron chi connectivity index (χ1n) is 6.53.